The van der Waals surface area contributed by atoms with E-state index in [0.29, 0.717) is 12.4 Å². The summed E-state index contributed by atoms with van der Waals surface area (Å²) in [6, 6.07) is 12.0. The summed E-state index contributed by atoms with van der Waals surface area (Å²) in [4.78, 5) is 10.7. The molecule has 180 valence electrons. The van der Waals surface area contributed by atoms with E-state index in [4.69, 9.17) is 4.74 Å². The van der Waals surface area contributed by atoms with Gasteiger partial charge in [0, 0.05) is 18.8 Å². The molecule has 0 aliphatic carbocycles. The lowest BCUT2D eigenvalue weighted by Crippen LogP contribution is -2.29. The first kappa shape index (κ1) is 25.6. The Morgan fingerprint density at radius 3 is 2.53 bits per heavy atom. The van der Waals surface area contributed by atoms with Crippen LogP contribution in [-0.4, -0.2) is 28.4 Å². The maximum atomic E-state index is 13.6. The first-order chi connectivity index (χ1) is 16.2. The molecule has 0 saturated heterocycles. The minimum atomic E-state index is -1.37. The fourth-order valence-corrected chi connectivity index (χ4v) is 4.30. The Balaban J connectivity index is 1.97. The van der Waals surface area contributed by atoms with Gasteiger partial charge in [0.05, 0.1) is 12.2 Å². The van der Waals surface area contributed by atoms with Crippen molar-refractivity contribution < 1.29 is 29.2 Å². The van der Waals surface area contributed by atoms with E-state index in [-0.39, 0.29) is 18.2 Å². The number of hydrogen-bond donors (Lipinski definition) is 2. The number of carboxylic acids is 1. The molecule has 0 amide bonds. The van der Waals surface area contributed by atoms with Crippen LogP contribution < -0.4 is 9.84 Å². The van der Waals surface area contributed by atoms with Crippen molar-refractivity contribution in [1.82, 2.24) is 0 Å². The summed E-state index contributed by atoms with van der Waals surface area (Å²) >= 11 is 1.60. The van der Waals surface area contributed by atoms with Crippen LogP contribution in [0.15, 0.2) is 59.3 Å². The fraction of sp³-hybridized carbons (Fsp3) is 0.296. The number of rotatable bonds is 11. The van der Waals surface area contributed by atoms with Gasteiger partial charge in [-0.05, 0) is 74.8 Å². The van der Waals surface area contributed by atoms with Crippen LogP contribution in [0.2, 0.25) is 0 Å². The molecule has 7 heteroatoms. The van der Waals surface area contributed by atoms with E-state index in [1.807, 2.05) is 42.8 Å². The standard InChI is InChI=1S/C27H29FO5S/c1-17(2)25-13-23(33-15-18-9-10-34-16-18)14-26(19-3-5-20(28)6-4-19)24(25)8-7-21(29)11-22(30)12-27(31)32/h3-10,13-14,16-17,21-22,29-30H,11-12,15H2,1-2H3,(H,31,32)/p-1/b8-7+. The summed E-state index contributed by atoms with van der Waals surface area (Å²) in [6.07, 6.45) is 0.351. The van der Waals surface area contributed by atoms with Gasteiger partial charge in [0.25, 0.3) is 0 Å². The Bertz CT molecular complexity index is 1110. The third kappa shape index (κ3) is 7.25. The highest BCUT2D eigenvalue weighted by Crippen LogP contribution is 2.36. The van der Waals surface area contributed by atoms with Crippen LogP contribution in [-0.2, 0) is 11.4 Å². The normalized spacial score (nSPS) is 13.4. The average Bonchev–Trinajstić information content (AvgIpc) is 3.29. The topological polar surface area (TPSA) is 89.8 Å². The number of aliphatic hydroxyl groups excluding tert-OH is 2. The summed E-state index contributed by atoms with van der Waals surface area (Å²) in [5.41, 5.74) is 4.47. The minimum Gasteiger partial charge on any atom is -0.550 e. The monoisotopic (exact) mass is 483 g/mol. The lowest BCUT2D eigenvalue weighted by atomic mass is 9.89. The Kier molecular flexibility index (Phi) is 8.98. The van der Waals surface area contributed by atoms with E-state index in [0.717, 1.165) is 27.8 Å². The van der Waals surface area contributed by atoms with Crippen molar-refractivity contribution >= 4 is 23.4 Å². The summed E-state index contributed by atoms with van der Waals surface area (Å²) < 4.78 is 19.7. The van der Waals surface area contributed by atoms with Gasteiger partial charge in [-0.2, -0.15) is 11.3 Å². The number of carbonyl (C=O) groups excluding carboxylic acids is 1. The first-order valence-electron chi connectivity index (χ1n) is 11.0. The zero-order chi connectivity index (χ0) is 24.7. The van der Waals surface area contributed by atoms with Crippen molar-refractivity contribution in [2.45, 2.75) is 51.4 Å². The zero-order valence-corrected chi connectivity index (χ0v) is 19.9. The lowest BCUT2D eigenvalue weighted by molar-refractivity contribution is -0.307. The highest BCUT2D eigenvalue weighted by molar-refractivity contribution is 7.07. The van der Waals surface area contributed by atoms with Gasteiger partial charge in [0.1, 0.15) is 18.2 Å². The van der Waals surface area contributed by atoms with Crippen molar-refractivity contribution in [3.05, 3.63) is 81.8 Å². The number of aliphatic carboxylic acids is 1. The van der Waals surface area contributed by atoms with Gasteiger partial charge in [-0.3, -0.25) is 0 Å². The van der Waals surface area contributed by atoms with Gasteiger partial charge in [0.2, 0.25) is 0 Å². The molecule has 2 N–H and O–H groups in total. The molecule has 3 rings (SSSR count). The maximum absolute atomic E-state index is 13.6. The van der Waals surface area contributed by atoms with E-state index in [9.17, 15) is 24.5 Å². The SMILES string of the molecule is CC(C)c1cc(OCc2ccsc2)cc(-c2ccc(F)cc2)c1/C=C/C(O)CC(O)CC(=O)[O-]. The van der Waals surface area contributed by atoms with Crippen LogP contribution in [0.25, 0.3) is 17.2 Å². The predicted octanol–water partition coefficient (Wildman–Crippen LogP) is 4.52. The Morgan fingerprint density at radius 1 is 1.18 bits per heavy atom. The molecule has 1 heterocycles. The minimum absolute atomic E-state index is 0.115. The smallest absolute Gasteiger partial charge is 0.123 e. The Labute approximate surface area is 202 Å². The maximum Gasteiger partial charge on any atom is 0.123 e. The number of thiophene rings is 1. The Hall–Kier alpha value is -3.00. The largest absolute Gasteiger partial charge is 0.550 e. The average molecular weight is 484 g/mol. The van der Waals surface area contributed by atoms with Gasteiger partial charge in [0.15, 0.2) is 0 Å². The van der Waals surface area contributed by atoms with E-state index in [1.165, 1.54) is 18.2 Å². The van der Waals surface area contributed by atoms with Gasteiger partial charge in [-0.15, -0.1) is 0 Å². The number of hydrogen-bond acceptors (Lipinski definition) is 6. The van der Waals surface area contributed by atoms with Crippen molar-refractivity contribution in [1.29, 1.82) is 0 Å². The summed E-state index contributed by atoms with van der Waals surface area (Å²) in [5.74, 6) is -0.921. The van der Waals surface area contributed by atoms with E-state index >= 15 is 0 Å². The van der Waals surface area contributed by atoms with Crippen LogP contribution in [0, 0.1) is 5.82 Å². The van der Waals surface area contributed by atoms with Crippen LogP contribution in [0.4, 0.5) is 4.39 Å². The number of ether oxygens (including phenoxy) is 1. The number of carboxylic acid groups (broad SMARTS) is 1. The third-order valence-corrected chi connectivity index (χ3v) is 6.08. The third-order valence-electron chi connectivity index (χ3n) is 5.35. The predicted molar refractivity (Wildman–Crippen MR) is 130 cm³/mol. The molecule has 2 atom stereocenters. The molecule has 2 aromatic carbocycles. The van der Waals surface area contributed by atoms with Crippen LogP contribution in [0.1, 0.15) is 49.3 Å². The second-order valence-corrected chi connectivity index (χ2v) is 9.23. The van der Waals surface area contributed by atoms with Gasteiger partial charge >= 0.3 is 0 Å². The van der Waals surface area contributed by atoms with E-state index in [1.54, 1.807) is 29.5 Å². The molecule has 0 saturated carbocycles. The summed E-state index contributed by atoms with van der Waals surface area (Å²) in [7, 11) is 0. The molecule has 0 radical (unpaired) electrons. The second-order valence-electron chi connectivity index (χ2n) is 8.45. The Morgan fingerprint density at radius 2 is 1.91 bits per heavy atom. The van der Waals surface area contributed by atoms with E-state index in [2.05, 4.69) is 0 Å². The molecular formula is C27H28FO5S-. The molecule has 2 unspecified atom stereocenters. The first-order valence-corrected chi connectivity index (χ1v) is 12.0. The molecule has 0 spiro atoms. The molecule has 0 aliphatic heterocycles. The quantitative estimate of drug-likeness (QED) is 0.419. The highest BCUT2D eigenvalue weighted by Gasteiger charge is 2.16. The van der Waals surface area contributed by atoms with Gasteiger partial charge in [-0.25, -0.2) is 4.39 Å². The number of halogens is 1. The number of benzene rings is 2. The second kappa shape index (κ2) is 11.9. The van der Waals surface area contributed by atoms with Crippen LogP contribution >= 0.6 is 11.3 Å². The van der Waals surface area contributed by atoms with Crippen LogP contribution in [0.3, 0.4) is 0 Å². The molecular weight excluding hydrogens is 455 g/mol. The van der Waals surface area contributed by atoms with Gasteiger partial charge in [-0.1, -0.05) is 38.1 Å². The molecule has 0 fully saturated rings. The molecule has 3 aromatic rings. The highest BCUT2D eigenvalue weighted by atomic mass is 32.1. The molecule has 1 aromatic heterocycles. The molecule has 0 bridgehead atoms. The summed E-state index contributed by atoms with van der Waals surface area (Å²) in [5, 5.41) is 34.8. The number of carbonyl (C=O) groups is 1. The summed E-state index contributed by atoms with van der Waals surface area (Å²) in [6.45, 7) is 4.52. The van der Waals surface area contributed by atoms with Crippen LogP contribution in [0.5, 0.6) is 5.75 Å². The zero-order valence-electron chi connectivity index (χ0n) is 19.1. The molecule has 0 aliphatic rings. The molecule has 5 nitrogen and oxygen atoms in total. The van der Waals surface area contributed by atoms with Crippen molar-refractivity contribution in [3.63, 3.8) is 0 Å². The lowest BCUT2D eigenvalue weighted by Gasteiger charge is -2.19. The van der Waals surface area contributed by atoms with Crippen molar-refractivity contribution in [3.8, 4) is 16.9 Å². The van der Waals surface area contributed by atoms with Gasteiger partial charge < -0.3 is 24.9 Å². The molecule has 34 heavy (non-hydrogen) atoms. The fourth-order valence-electron chi connectivity index (χ4n) is 3.65. The van der Waals surface area contributed by atoms with Crippen molar-refractivity contribution in [2.24, 2.45) is 0 Å². The van der Waals surface area contributed by atoms with Crippen molar-refractivity contribution in [2.75, 3.05) is 0 Å². The number of aliphatic hydroxyl groups is 2. The van der Waals surface area contributed by atoms with E-state index < -0.39 is 24.6 Å².